The van der Waals surface area contributed by atoms with Crippen molar-refractivity contribution in [1.29, 1.82) is 0 Å². The van der Waals surface area contributed by atoms with E-state index in [2.05, 4.69) is 0 Å². The number of carbonyl (C=O) groups excluding carboxylic acids is 1. The lowest BCUT2D eigenvalue weighted by molar-refractivity contribution is 0.0698. The summed E-state index contributed by atoms with van der Waals surface area (Å²) in [5.74, 6) is -0.0780. The van der Waals surface area contributed by atoms with Crippen molar-refractivity contribution in [2.24, 2.45) is 0 Å². The van der Waals surface area contributed by atoms with Gasteiger partial charge in [-0.25, -0.2) is 8.42 Å². The predicted molar refractivity (Wildman–Crippen MR) is 98.3 cm³/mol. The SMILES string of the molecule is COCc1ccc(C(=O)N2CCN(S(=O)(=O)c3ccccc3)CC2)cc1. The lowest BCUT2D eigenvalue weighted by Crippen LogP contribution is -2.50. The highest BCUT2D eigenvalue weighted by atomic mass is 32.2. The second-order valence-electron chi connectivity index (χ2n) is 6.14. The molecule has 26 heavy (non-hydrogen) atoms. The third-order valence-corrected chi connectivity index (χ3v) is 6.33. The Morgan fingerprint density at radius 3 is 2.15 bits per heavy atom. The summed E-state index contributed by atoms with van der Waals surface area (Å²) in [5, 5.41) is 0. The number of hydrogen-bond donors (Lipinski definition) is 0. The van der Waals surface area contributed by atoms with Crippen molar-refractivity contribution in [1.82, 2.24) is 9.21 Å². The second-order valence-corrected chi connectivity index (χ2v) is 8.08. The summed E-state index contributed by atoms with van der Waals surface area (Å²) in [7, 11) is -1.88. The lowest BCUT2D eigenvalue weighted by Gasteiger charge is -2.34. The zero-order valence-electron chi connectivity index (χ0n) is 14.7. The van der Waals surface area contributed by atoms with Crippen molar-refractivity contribution in [2.75, 3.05) is 33.3 Å². The minimum atomic E-state index is -3.51. The van der Waals surface area contributed by atoms with Crippen LogP contribution < -0.4 is 0 Å². The number of piperazine rings is 1. The zero-order valence-corrected chi connectivity index (χ0v) is 15.5. The highest BCUT2D eigenvalue weighted by Gasteiger charge is 2.30. The van der Waals surface area contributed by atoms with Gasteiger partial charge in [-0.3, -0.25) is 4.79 Å². The summed E-state index contributed by atoms with van der Waals surface area (Å²) in [6.45, 7) is 1.86. The summed E-state index contributed by atoms with van der Waals surface area (Å²) in [6, 6.07) is 15.7. The molecular formula is C19H22N2O4S. The zero-order chi connectivity index (χ0) is 18.6. The quantitative estimate of drug-likeness (QED) is 0.803. The van der Waals surface area contributed by atoms with E-state index in [0.29, 0.717) is 38.3 Å². The number of amides is 1. The Bertz CT molecular complexity index is 843. The van der Waals surface area contributed by atoms with Gasteiger partial charge in [0.2, 0.25) is 10.0 Å². The van der Waals surface area contributed by atoms with Gasteiger partial charge in [-0.2, -0.15) is 4.31 Å². The highest BCUT2D eigenvalue weighted by molar-refractivity contribution is 7.89. The normalized spacial score (nSPS) is 15.8. The minimum absolute atomic E-state index is 0.0780. The number of methoxy groups -OCH3 is 1. The number of hydrogen-bond acceptors (Lipinski definition) is 4. The second kappa shape index (κ2) is 7.99. The van der Waals surface area contributed by atoms with Crippen LogP contribution in [0.25, 0.3) is 0 Å². The van der Waals surface area contributed by atoms with E-state index in [0.717, 1.165) is 5.56 Å². The van der Waals surface area contributed by atoms with Crippen LogP contribution in [-0.4, -0.2) is 56.8 Å². The van der Waals surface area contributed by atoms with Gasteiger partial charge in [0.15, 0.2) is 0 Å². The molecule has 0 unspecified atom stereocenters. The smallest absolute Gasteiger partial charge is 0.253 e. The van der Waals surface area contributed by atoms with Crippen molar-refractivity contribution >= 4 is 15.9 Å². The molecule has 0 atom stereocenters. The molecule has 1 aliphatic rings. The Labute approximate surface area is 154 Å². The molecule has 1 saturated heterocycles. The number of rotatable bonds is 5. The first kappa shape index (κ1) is 18.6. The number of carbonyl (C=O) groups is 1. The van der Waals surface area contributed by atoms with Crippen LogP contribution in [0.15, 0.2) is 59.5 Å². The van der Waals surface area contributed by atoms with Crippen molar-refractivity contribution in [3.63, 3.8) is 0 Å². The molecule has 0 aromatic heterocycles. The van der Waals surface area contributed by atoms with E-state index in [9.17, 15) is 13.2 Å². The van der Waals surface area contributed by atoms with Crippen LogP contribution in [0.2, 0.25) is 0 Å². The van der Waals surface area contributed by atoms with E-state index >= 15 is 0 Å². The molecule has 1 heterocycles. The molecule has 1 amide bonds. The number of ether oxygens (including phenoxy) is 1. The molecule has 0 spiro atoms. The van der Waals surface area contributed by atoms with Crippen LogP contribution in [-0.2, 0) is 21.4 Å². The molecule has 0 N–H and O–H groups in total. The van der Waals surface area contributed by atoms with Crippen LogP contribution in [0.5, 0.6) is 0 Å². The largest absolute Gasteiger partial charge is 0.380 e. The van der Waals surface area contributed by atoms with E-state index in [4.69, 9.17) is 4.74 Å². The molecule has 0 bridgehead atoms. The van der Waals surface area contributed by atoms with Gasteiger partial charge in [-0.05, 0) is 29.8 Å². The molecule has 2 aromatic carbocycles. The predicted octanol–water partition coefficient (Wildman–Crippen LogP) is 1.98. The molecule has 1 fully saturated rings. The molecule has 0 saturated carbocycles. The lowest BCUT2D eigenvalue weighted by atomic mass is 10.1. The van der Waals surface area contributed by atoms with Crippen LogP contribution in [0.4, 0.5) is 0 Å². The molecule has 0 aliphatic carbocycles. The summed E-state index contributed by atoms with van der Waals surface area (Å²) in [6.07, 6.45) is 0. The Kier molecular flexibility index (Phi) is 5.70. The highest BCUT2D eigenvalue weighted by Crippen LogP contribution is 2.18. The summed E-state index contributed by atoms with van der Waals surface area (Å²) in [5.41, 5.74) is 1.60. The van der Waals surface area contributed by atoms with Crippen molar-refractivity contribution in [3.05, 3.63) is 65.7 Å². The average Bonchev–Trinajstić information content (AvgIpc) is 2.69. The van der Waals surface area contributed by atoms with Gasteiger partial charge in [0.1, 0.15) is 0 Å². The van der Waals surface area contributed by atoms with Crippen LogP contribution in [0.3, 0.4) is 0 Å². The van der Waals surface area contributed by atoms with Crippen LogP contribution in [0.1, 0.15) is 15.9 Å². The molecule has 3 rings (SSSR count). The summed E-state index contributed by atoms with van der Waals surface area (Å²) in [4.78, 5) is 14.6. The Balaban J connectivity index is 1.64. The molecule has 0 radical (unpaired) electrons. The monoisotopic (exact) mass is 374 g/mol. The van der Waals surface area contributed by atoms with Gasteiger partial charge in [-0.15, -0.1) is 0 Å². The summed E-state index contributed by atoms with van der Waals surface area (Å²) >= 11 is 0. The Hall–Kier alpha value is -2.22. The van der Waals surface area contributed by atoms with Gasteiger partial charge in [0.25, 0.3) is 5.91 Å². The first-order valence-corrected chi connectivity index (χ1v) is 9.89. The number of benzene rings is 2. The first-order chi connectivity index (χ1) is 12.5. The maximum absolute atomic E-state index is 12.6. The Morgan fingerprint density at radius 2 is 1.58 bits per heavy atom. The standard InChI is InChI=1S/C19H22N2O4S/c1-25-15-16-7-9-17(10-8-16)19(22)20-11-13-21(14-12-20)26(23,24)18-5-3-2-4-6-18/h2-10H,11-15H2,1H3. The van der Waals surface area contributed by atoms with E-state index in [1.807, 2.05) is 12.1 Å². The van der Waals surface area contributed by atoms with Crippen molar-refractivity contribution in [2.45, 2.75) is 11.5 Å². The van der Waals surface area contributed by atoms with Gasteiger partial charge in [0, 0.05) is 38.9 Å². The molecule has 1 aliphatic heterocycles. The molecule has 6 nitrogen and oxygen atoms in total. The van der Waals surface area contributed by atoms with E-state index in [-0.39, 0.29) is 10.8 Å². The molecule has 2 aromatic rings. The van der Waals surface area contributed by atoms with Crippen LogP contribution in [0, 0.1) is 0 Å². The van der Waals surface area contributed by atoms with E-state index < -0.39 is 10.0 Å². The molecule has 7 heteroatoms. The maximum atomic E-state index is 12.6. The van der Waals surface area contributed by atoms with Gasteiger partial charge in [0.05, 0.1) is 11.5 Å². The number of nitrogens with zero attached hydrogens (tertiary/aromatic N) is 2. The molecule has 138 valence electrons. The minimum Gasteiger partial charge on any atom is -0.380 e. The fraction of sp³-hybridized carbons (Fsp3) is 0.316. The van der Waals surface area contributed by atoms with Gasteiger partial charge in [-0.1, -0.05) is 30.3 Å². The number of sulfonamides is 1. The third kappa shape index (κ3) is 3.95. The van der Waals surface area contributed by atoms with E-state index in [1.54, 1.807) is 54.5 Å². The van der Waals surface area contributed by atoms with Crippen molar-refractivity contribution < 1.29 is 17.9 Å². The fourth-order valence-corrected chi connectivity index (χ4v) is 4.41. The fourth-order valence-electron chi connectivity index (χ4n) is 2.97. The van der Waals surface area contributed by atoms with Crippen molar-refractivity contribution in [3.8, 4) is 0 Å². The van der Waals surface area contributed by atoms with E-state index in [1.165, 1.54) is 4.31 Å². The van der Waals surface area contributed by atoms with Gasteiger partial charge < -0.3 is 9.64 Å². The van der Waals surface area contributed by atoms with Crippen LogP contribution >= 0.6 is 0 Å². The maximum Gasteiger partial charge on any atom is 0.253 e. The topological polar surface area (TPSA) is 66.9 Å². The average molecular weight is 374 g/mol. The Morgan fingerprint density at radius 1 is 0.962 bits per heavy atom. The van der Waals surface area contributed by atoms with Gasteiger partial charge >= 0.3 is 0 Å². The third-order valence-electron chi connectivity index (χ3n) is 4.42. The first-order valence-electron chi connectivity index (χ1n) is 8.45. The summed E-state index contributed by atoms with van der Waals surface area (Å²) < 4.78 is 31.8. The molecular weight excluding hydrogens is 352 g/mol.